The summed E-state index contributed by atoms with van der Waals surface area (Å²) in [7, 11) is 0. The minimum atomic E-state index is -0.245. The molecule has 0 unspecified atom stereocenters. The van der Waals surface area contributed by atoms with Crippen molar-refractivity contribution in [3.05, 3.63) is 111 Å². The number of nitrogens with one attached hydrogen (secondary N) is 1. The third kappa shape index (κ3) is 5.62. The first kappa shape index (κ1) is 22.2. The highest BCUT2D eigenvalue weighted by molar-refractivity contribution is 6.36. The summed E-state index contributed by atoms with van der Waals surface area (Å²) >= 11 is 18.4. The topological polar surface area (TPSA) is 56.2 Å². The Labute approximate surface area is 200 Å². The first-order valence-electron chi connectivity index (χ1n) is 9.72. The van der Waals surface area contributed by atoms with Gasteiger partial charge in [0.15, 0.2) is 0 Å². The fourth-order valence-corrected chi connectivity index (χ4v) is 3.79. The number of aromatic nitrogens is 2. The zero-order valence-electron chi connectivity index (χ0n) is 16.8. The van der Waals surface area contributed by atoms with E-state index in [2.05, 4.69) is 10.4 Å². The standard InChI is InChI=1S/C24H18Cl3N3O2/c25-18-6-2-7-20(11-18)32-15-16-4-1-5-17(10-16)24(31)29-19-12-28-30(13-19)14-21-22(26)8-3-9-23(21)27/h1-13H,14-15H2,(H,29,31). The first-order chi connectivity index (χ1) is 15.5. The molecule has 0 fully saturated rings. The molecule has 0 spiro atoms. The van der Waals surface area contributed by atoms with Crippen molar-refractivity contribution >= 4 is 46.4 Å². The summed E-state index contributed by atoms with van der Waals surface area (Å²) in [6, 6.07) is 19.8. The Kier molecular flexibility index (Phi) is 7.00. The Morgan fingerprint density at radius 2 is 1.72 bits per heavy atom. The molecule has 32 heavy (non-hydrogen) atoms. The largest absolute Gasteiger partial charge is 0.489 e. The van der Waals surface area contributed by atoms with Crippen LogP contribution in [0.25, 0.3) is 0 Å². The second-order valence-corrected chi connectivity index (χ2v) is 8.28. The molecular formula is C24H18Cl3N3O2. The monoisotopic (exact) mass is 485 g/mol. The highest BCUT2D eigenvalue weighted by atomic mass is 35.5. The number of amides is 1. The summed E-state index contributed by atoms with van der Waals surface area (Å²) in [6.07, 6.45) is 3.30. The van der Waals surface area contributed by atoms with E-state index < -0.39 is 0 Å². The van der Waals surface area contributed by atoms with Crippen molar-refractivity contribution in [2.45, 2.75) is 13.2 Å². The van der Waals surface area contributed by atoms with E-state index in [0.29, 0.717) is 45.2 Å². The Morgan fingerprint density at radius 3 is 2.50 bits per heavy atom. The minimum Gasteiger partial charge on any atom is -0.489 e. The van der Waals surface area contributed by atoms with Gasteiger partial charge in [0.05, 0.1) is 18.4 Å². The molecule has 1 N–H and O–H groups in total. The van der Waals surface area contributed by atoms with Crippen LogP contribution in [0.4, 0.5) is 5.69 Å². The van der Waals surface area contributed by atoms with E-state index >= 15 is 0 Å². The Morgan fingerprint density at radius 1 is 0.969 bits per heavy atom. The average molecular weight is 487 g/mol. The summed E-state index contributed by atoms with van der Waals surface area (Å²) in [6.45, 7) is 0.711. The number of nitrogens with zero attached hydrogens (tertiary/aromatic N) is 2. The molecule has 0 saturated heterocycles. The summed E-state index contributed by atoms with van der Waals surface area (Å²) in [5, 5.41) is 8.87. The number of hydrogen-bond acceptors (Lipinski definition) is 3. The van der Waals surface area contributed by atoms with E-state index in [4.69, 9.17) is 39.5 Å². The maximum absolute atomic E-state index is 12.7. The average Bonchev–Trinajstić information content (AvgIpc) is 3.22. The number of rotatable bonds is 7. The second kappa shape index (κ2) is 10.1. The molecule has 1 aromatic heterocycles. The number of anilines is 1. The van der Waals surface area contributed by atoms with Crippen molar-refractivity contribution in [1.82, 2.24) is 9.78 Å². The van der Waals surface area contributed by atoms with Gasteiger partial charge in [0, 0.05) is 32.4 Å². The number of carbonyl (C=O) groups excluding carboxylic acids is 1. The third-order valence-corrected chi connectivity index (χ3v) is 5.61. The molecule has 8 heteroatoms. The van der Waals surface area contributed by atoms with E-state index in [1.54, 1.807) is 59.5 Å². The quantitative estimate of drug-likeness (QED) is 0.315. The fourth-order valence-electron chi connectivity index (χ4n) is 3.09. The second-order valence-electron chi connectivity index (χ2n) is 7.03. The van der Waals surface area contributed by atoms with E-state index in [1.807, 2.05) is 24.3 Å². The van der Waals surface area contributed by atoms with Crippen molar-refractivity contribution in [2.24, 2.45) is 0 Å². The maximum atomic E-state index is 12.7. The zero-order chi connectivity index (χ0) is 22.5. The smallest absolute Gasteiger partial charge is 0.255 e. The van der Waals surface area contributed by atoms with Gasteiger partial charge in [0.1, 0.15) is 12.4 Å². The van der Waals surface area contributed by atoms with E-state index in [0.717, 1.165) is 11.1 Å². The SMILES string of the molecule is O=C(Nc1cnn(Cc2c(Cl)cccc2Cl)c1)c1cccc(COc2cccc(Cl)c2)c1. The van der Waals surface area contributed by atoms with Crippen LogP contribution in [-0.4, -0.2) is 15.7 Å². The van der Waals surface area contributed by atoms with Crippen molar-refractivity contribution < 1.29 is 9.53 Å². The number of hydrogen-bond donors (Lipinski definition) is 1. The van der Waals surface area contributed by atoms with E-state index in [9.17, 15) is 4.79 Å². The van der Waals surface area contributed by atoms with E-state index in [1.165, 1.54) is 0 Å². The molecule has 0 aliphatic rings. The van der Waals surface area contributed by atoms with Crippen LogP contribution in [0.5, 0.6) is 5.75 Å². The molecule has 0 saturated carbocycles. The molecule has 0 radical (unpaired) electrons. The van der Waals surface area contributed by atoms with Crippen LogP contribution < -0.4 is 10.1 Å². The minimum absolute atomic E-state index is 0.245. The highest BCUT2D eigenvalue weighted by Crippen LogP contribution is 2.25. The first-order valence-corrected chi connectivity index (χ1v) is 10.9. The number of benzene rings is 3. The lowest BCUT2D eigenvalue weighted by molar-refractivity contribution is 0.102. The van der Waals surface area contributed by atoms with Crippen LogP contribution in [0, 0.1) is 0 Å². The number of carbonyl (C=O) groups is 1. The molecule has 4 rings (SSSR count). The van der Waals surface area contributed by atoms with Gasteiger partial charge in [-0.25, -0.2) is 0 Å². The maximum Gasteiger partial charge on any atom is 0.255 e. The van der Waals surface area contributed by atoms with Gasteiger partial charge in [-0.1, -0.05) is 59.1 Å². The summed E-state index contributed by atoms with van der Waals surface area (Å²) < 4.78 is 7.42. The van der Waals surface area contributed by atoms with Crippen LogP contribution in [0.15, 0.2) is 79.1 Å². The molecule has 162 valence electrons. The number of ether oxygens (including phenoxy) is 1. The molecule has 0 aliphatic carbocycles. The van der Waals surface area contributed by atoms with Gasteiger partial charge in [-0.3, -0.25) is 9.48 Å². The van der Waals surface area contributed by atoms with Gasteiger partial charge >= 0.3 is 0 Å². The molecule has 4 aromatic rings. The lowest BCUT2D eigenvalue weighted by Crippen LogP contribution is -2.12. The molecule has 0 aliphatic heterocycles. The molecule has 1 amide bonds. The predicted molar refractivity (Wildman–Crippen MR) is 128 cm³/mol. The lowest BCUT2D eigenvalue weighted by atomic mass is 10.1. The van der Waals surface area contributed by atoms with Gasteiger partial charge in [-0.15, -0.1) is 0 Å². The lowest BCUT2D eigenvalue weighted by Gasteiger charge is -2.08. The van der Waals surface area contributed by atoms with Crippen molar-refractivity contribution in [1.29, 1.82) is 0 Å². The highest BCUT2D eigenvalue weighted by Gasteiger charge is 2.11. The van der Waals surface area contributed by atoms with Crippen LogP contribution in [0.3, 0.4) is 0 Å². The Balaban J connectivity index is 1.39. The van der Waals surface area contributed by atoms with Crippen molar-refractivity contribution in [3.8, 4) is 5.75 Å². The van der Waals surface area contributed by atoms with Crippen molar-refractivity contribution in [2.75, 3.05) is 5.32 Å². The molecule has 0 bridgehead atoms. The fraction of sp³-hybridized carbons (Fsp3) is 0.0833. The van der Waals surface area contributed by atoms with Crippen LogP contribution >= 0.6 is 34.8 Å². The molecule has 3 aromatic carbocycles. The van der Waals surface area contributed by atoms with Gasteiger partial charge < -0.3 is 10.1 Å². The zero-order valence-corrected chi connectivity index (χ0v) is 19.0. The molecular weight excluding hydrogens is 469 g/mol. The summed E-state index contributed by atoms with van der Waals surface area (Å²) in [5.74, 6) is 0.420. The van der Waals surface area contributed by atoms with Gasteiger partial charge in [0.25, 0.3) is 5.91 Å². The Bertz CT molecular complexity index is 1240. The molecule has 1 heterocycles. The van der Waals surface area contributed by atoms with E-state index in [-0.39, 0.29) is 5.91 Å². The third-order valence-electron chi connectivity index (χ3n) is 4.66. The molecule has 0 atom stereocenters. The van der Waals surface area contributed by atoms with Gasteiger partial charge in [0.2, 0.25) is 0 Å². The summed E-state index contributed by atoms with van der Waals surface area (Å²) in [4.78, 5) is 12.7. The van der Waals surface area contributed by atoms with Crippen molar-refractivity contribution in [3.63, 3.8) is 0 Å². The predicted octanol–water partition coefficient (Wildman–Crippen LogP) is 6.72. The number of halogens is 3. The molecule has 5 nitrogen and oxygen atoms in total. The van der Waals surface area contributed by atoms with Crippen LogP contribution in [0.2, 0.25) is 15.1 Å². The van der Waals surface area contributed by atoms with Crippen LogP contribution in [-0.2, 0) is 13.2 Å². The normalized spacial score (nSPS) is 10.7. The van der Waals surface area contributed by atoms with Gasteiger partial charge in [-0.2, -0.15) is 5.10 Å². The van der Waals surface area contributed by atoms with Gasteiger partial charge in [-0.05, 0) is 48.0 Å². The Hall–Kier alpha value is -2.99. The van der Waals surface area contributed by atoms with Crippen LogP contribution in [0.1, 0.15) is 21.5 Å². The summed E-state index contributed by atoms with van der Waals surface area (Å²) in [5.41, 5.74) is 2.71.